The summed E-state index contributed by atoms with van der Waals surface area (Å²) in [4.78, 5) is 17.5. The zero-order chi connectivity index (χ0) is 49.0. The molecule has 0 aromatic carbocycles. The Labute approximate surface area is 388 Å². The summed E-state index contributed by atoms with van der Waals surface area (Å²) in [5, 5.41) is 113. The Morgan fingerprint density at radius 3 is 1.88 bits per heavy atom. The van der Waals surface area contributed by atoms with Crippen molar-refractivity contribution < 1.29 is 79.6 Å². The molecule has 0 saturated carbocycles. The summed E-state index contributed by atoms with van der Waals surface area (Å²) in [6, 6.07) is -1.09. The van der Waals surface area contributed by atoms with Gasteiger partial charge in [0.05, 0.1) is 91.7 Å². The monoisotopic (exact) mass is 937 g/mol. The maximum Gasteiger partial charge on any atom is 0.308 e. The highest BCUT2D eigenvalue weighted by molar-refractivity contribution is 5.70. The van der Waals surface area contributed by atoms with Crippen LogP contribution < -0.4 is 5.73 Å². The van der Waals surface area contributed by atoms with Gasteiger partial charge in [-0.05, 0) is 33.1 Å². The minimum Gasteiger partial charge on any atom is -0.462 e. The molecule has 3 aliphatic heterocycles. The second-order valence-corrected chi connectivity index (χ2v) is 17.7. The molecular weight excluding hydrogens is 861 g/mol. The second kappa shape index (κ2) is 28.8. The fourth-order valence-electron chi connectivity index (χ4n) is 8.00. The van der Waals surface area contributed by atoms with Gasteiger partial charge in [-0.1, -0.05) is 104 Å². The number of allylic oxidation sites excluding steroid dienone is 12. The lowest BCUT2D eigenvalue weighted by Crippen LogP contribution is -2.61. The van der Waals surface area contributed by atoms with Crippen LogP contribution in [0.2, 0.25) is 0 Å². The van der Waals surface area contributed by atoms with E-state index in [1.807, 2.05) is 61.6 Å². The fourth-order valence-corrected chi connectivity index (χ4v) is 8.00. The molecule has 3 heterocycles. The Morgan fingerprint density at radius 1 is 0.682 bits per heavy atom. The summed E-state index contributed by atoms with van der Waals surface area (Å²) in [6.07, 6.45) is 7.81. The van der Waals surface area contributed by atoms with Gasteiger partial charge >= 0.3 is 5.97 Å². The Morgan fingerprint density at radius 2 is 1.27 bits per heavy atom. The summed E-state index contributed by atoms with van der Waals surface area (Å²) < 4.78 is 23.7. The van der Waals surface area contributed by atoms with E-state index >= 15 is 0 Å². The third-order valence-corrected chi connectivity index (χ3v) is 12.1. The van der Waals surface area contributed by atoms with Crippen molar-refractivity contribution in [1.29, 1.82) is 0 Å². The number of cyclic esters (lactones) is 1. The smallest absolute Gasteiger partial charge is 0.308 e. The van der Waals surface area contributed by atoms with Gasteiger partial charge in [-0.15, -0.1) is 0 Å². The third-order valence-electron chi connectivity index (χ3n) is 12.1. The standard InChI is InChI=1S/C48H76N2O16/c1-29-18-16-14-12-10-8-6-7-9-11-13-15-17-19-36(65-47-46(60)43(49)45(59)32(4)64-47)25-41-37(28-50-62-5)40(56)27-48(61,66-41)26-35(53)23-39(55)38(54)21-20-33(51)22-34(52)24-42(57)63-31(3)30(2)44(29)58/h6-19,28-41,43-47,51-56,58-61H,20-27,49H2,1-5H3/b7-6+,10-8+,11-9+,14-12+,15-13+,18-16-,19-17+,50-28-/t29-,30-,31-,32+,33+,34+,35-,36-,37+,38+,39+,40-,41-,43-,44+,45+,46-,47-,48+/m0/s1. The largest absolute Gasteiger partial charge is 0.462 e. The molecule has 2 saturated heterocycles. The van der Waals surface area contributed by atoms with Crippen LogP contribution in [0.15, 0.2) is 90.2 Å². The Hall–Kier alpha value is -3.44. The molecule has 374 valence electrons. The molecule has 0 amide bonds. The van der Waals surface area contributed by atoms with Gasteiger partial charge in [0.2, 0.25) is 0 Å². The van der Waals surface area contributed by atoms with Crippen molar-refractivity contribution >= 4 is 12.2 Å². The number of carbonyl (C=O) groups is 1. The molecule has 0 aromatic rings. The lowest BCUT2D eigenvalue weighted by Gasteiger charge is -2.45. The summed E-state index contributed by atoms with van der Waals surface area (Å²) in [6.45, 7) is 6.83. The summed E-state index contributed by atoms with van der Waals surface area (Å²) in [5.41, 5.74) is 6.08. The zero-order valence-electron chi connectivity index (χ0n) is 38.7. The average molecular weight is 937 g/mol. The van der Waals surface area contributed by atoms with Crippen LogP contribution in [0.5, 0.6) is 0 Å². The van der Waals surface area contributed by atoms with E-state index in [0.717, 1.165) is 0 Å². The van der Waals surface area contributed by atoms with E-state index in [9.17, 15) is 55.9 Å². The van der Waals surface area contributed by atoms with Crippen molar-refractivity contribution in [2.45, 2.75) is 177 Å². The van der Waals surface area contributed by atoms with Crippen LogP contribution in [0.25, 0.3) is 0 Å². The van der Waals surface area contributed by atoms with Crippen LogP contribution in [0.4, 0.5) is 0 Å². The average Bonchev–Trinajstić information content (AvgIpc) is 3.24. The van der Waals surface area contributed by atoms with E-state index in [2.05, 4.69) is 5.16 Å². The topological polar surface area (TPSA) is 304 Å². The van der Waals surface area contributed by atoms with E-state index in [1.54, 1.807) is 51.2 Å². The first-order valence-electron chi connectivity index (χ1n) is 22.8. The van der Waals surface area contributed by atoms with Gasteiger partial charge in [-0.3, -0.25) is 4.79 Å². The highest BCUT2D eigenvalue weighted by Crippen LogP contribution is 2.37. The van der Waals surface area contributed by atoms with Crippen molar-refractivity contribution in [2.75, 3.05) is 7.11 Å². The molecule has 3 aliphatic rings. The first-order chi connectivity index (χ1) is 31.2. The predicted octanol–water partition coefficient (Wildman–Crippen LogP) is 1.26. The van der Waals surface area contributed by atoms with Gasteiger partial charge in [-0.25, -0.2) is 0 Å². The minimum atomic E-state index is -2.15. The van der Waals surface area contributed by atoms with Crippen molar-refractivity contribution in [3.05, 3.63) is 85.1 Å². The van der Waals surface area contributed by atoms with E-state index < -0.39 is 135 Å². The van der Waals surface area contributed by atoms with Gasteiger partial charge in [0.1, 0.15) is 19.3 Å². The number of aliphatic hydroxyl groups excluding tert-OH is 9. The van der Waals surface area contributed by atoms with Crippen LogP contribution in [0, 0.1) is 17.8 Å². The molecule has 12 N–H and O–H groups in total. The number of esters is 1. The van der Waals surface area contributed by atoms with Crippen LogP contribution in [0.3, 0.4) is 0 Å². The SMILES string of the molecule is CO/N=C\[C@H]1[C@@H]2C[C@@H](O[C@@H]3O[C@H](C)[C@@H](O)[C@H](N)[C@@H]3O)/C=C/C=C/C=C/C=C/C=C/C=C/C=C\[C@H](C)[C@@H](O)[C@@H](C)[C@H](C)OC(=O)C[C@H](O)C[C@H](O)CC[C@@H](O)[C@H](O)C[C@H](O)C[C@](O)(C[C@@H]1O)O2. The molecular formula is C48H76N2O16. The number of hydrogen-bond donors (Lipinski definition) is 11. The molecule has 2 bridgehead atoms. The number of nitrogens with two attached hydrogens (primary N) is 1. The number of aliphatic hydroxyl groups is 10. The van der Waals surface area contributed by atoms with Crippen molar-refractivity contribution in [3.63, 3.8) is 0 Å². The molecule has 3 rings (SSSR count). The van der Waals surface area contributed by atoms with E-state index in [-0.39, 0.29) is 38.0 Å². The van der Waals surface area contributed by atoms with Gasteiger partial charge in [0.15, 0.2) is 12.1 Å². The number of ether oxygens (including phenoxy) is 4. The number of nitrogens with zero attached hydrogens (tertiary/aromatic N) is 1. The fraction of sp³-hybridized carbons (Fsp3) is 0.667. The maximum absolute atomic E-state index is 12.6. The Balaban J connectivity index is 1.87. The normalized spacial score (nSPS) is 45.1. The molecule has 0 spiro atoms. The second-order valence-electron chi connectivity index (χ2n) is 17.7. The van der Waals surface area contributed by atoms with E-state index in [0.29, 0.717) is 0 Å². The van der Waals surface area contributed by atoms with E-state index in [1.165, 1.54) is 13.3 Å². The molecule has 19 atom stereocenters. The first kappa shape index (κ1) is 56.9. The molecule has 0 unspecified atom stereocenters. The summed E-state index contributed by atoms with van der Waals surface area (Å²) >= 11 is 0. The minimum absolute atomic E-state index is 0.0716. The van der Waals surface area contributed by atoms with Crippen LogP contribution in [-0.2, 0) is 28.6 Å². The Bertz CT molecular complexity index is 1670. The molecule has 18 heteroatoms. The summed E-state index contributed by atoms with van der Waals surface area (Å²) in [7, 11) is 1.31. The third kappa shape index (κ3) is 19.3. The molecule has 0 radical (unpaired) electrons. The zero-order valence-corrected chi connectivity index (χ0v) is 38.7. The molecule has 0 aliphatic carbocycles. The maximum atomic E-state index is 12.6. The molecule has 18 nitrogen and oxygen atoms in total. The highest BCUT2D eigenvalue weighted by atomic mass is 16.7. The van der Waals surface area contributed by atoms with Gasteiger partial charge in [0.25, 0.3) is 0 Å². The van der Waals surface area contributed by atoms with Crippen LogP contribution in [0.1, 0.15) is 79.1 Å². The quantitative estimate of drug-likeness (QED) is 0.107. The molecule has 0 aromatic heterocycles. The molecule has 66 heavy (non-hydrogen) atoms. The lowest BCUT2D eigenvalue weighted by atomic mass is 9.83. The Kier molecular flexibility index (Phi) is 24.8. The number of rotatable bonds is 4. The van der Waals surface area contributed by atoms with Gasteiger partial charge in [-0.2, -0.15) is 0 Å². The van der Waals surface area contributed by atoms with Crippen LogP contribution in [-0.4, -0.2) is 168 Å². The molecule has 2 fully saturated rings. The van der Waals surface area contributed by atoms with Crippen molar-refractivity contribution in [3.8, 4) is 0 Å². The number of hydrogen-bond acceptors (Lipinski definition) is 18. The lowest BCUT2D eigenvalue weighted by molar-refractivity contribution is -0.304. The summed E-state index contributed by atoms with van der Waals surface area (Å²) in [5.74, 6) is -4.44. The van der Waals surface area contributed by atoms with Crippen LogP contribution >= 0.6 is 0 Å². The van der Waals surface area contributed by atoms with E-state index in [4.69, 9.17) is 29.5 Å². The first-order valence-corrected chi connectivity index (χ1v) is 22.8. The predicted molar refractivity (Wildman–Crippen MR) is 245 cm³/mol. The number of carbonyl (C=O) groups excluding carboxylic acids is 1. The van der Waals surface area contributed by atoms with Gasteiger partial charge < -0.3 is 80.6 Å². The number of fused-ring (bicyclic) bond motifs is 2. The highest BCUT2D eigenvalue weighted by Gasteiger charge is 2.48. The van der Waals surface area contributed by atoms with Crippen molar-refractivity contribution in [1.82, 2.24) is 0 Å². The van der Waals surface area contributed by atoms with Gasteiger partial charge in [0, 0.05) is 37.5 Å². The van der Waals surface area contributed by atoms with Crippen molar-refractivity contribution in [2.24, 2.45) is 28.6 Å². The number of oxime groups is 1.